The second-order valence-electron chi connectivity index (χ2n) is 5.45. The van der Waals surface area contributed by atoms with E-state index in [2.05, 4.69) is 4.90 Å². The fourth-order valence-corrected chi connectivity index (χ4v) is 4.06. The van der Waals surface area contributed by atoms with Crippen LogP contribution < -0.4 is 0 Å². The summed E-state index contributed by atoms with van der Waals surface area (Å²) in [6.07, 6.45) is 6.94. The number of carbonyl (C=O) groups is 1. The van der Waals surface area contributed by atoms with E-state index in [1.807, 2.05) is 0 Å². The maximum Gasteiger partial charge on any atom is 0.306 e. The Labute approximate surface area is 90.5 Å². The van der Waals surface area contributed by atoms with Gasteiger partial charge in [0.15, 0.2) is 0 Å². The number of rotatable bonds is 1. The highest BCUT2D eigenvalue weighted by Gasteiger charge is 2.46. The van der Waals surface area contributed by atoms with Gasteiger partial charge >= 0.3 is 5.97 Å². The molecular weight excluding hydrogens is 190 g/mol. The summed E-state index contributed by atoms with van der Waals surface area (Å²) in [6, 6.07) is 1.53. The van der Waals surface area contributed by atoms with E-state index in [9.17, 15) is 4.79 Å². The van der Waals surface area contributed by atoms with Crippen LogP contribution in [0.25, 0.3) is 0 Å². The third-order valence-corrected chi connectivity index (χ3v) is 4.72. The summed E-state index contributed by atoms with van der Waals surface area (Å²) in [5.41, 5.74) is 0. The molecule has 3 rings (SSSR count). The SMILES string of the molecule is O=C(O)[C@H]1CC[C@@H]2[C@H](C1)C[C@@H]1CCCN12. The van der Waals surface area contributed by atoms with Crippen molar-refractivity contribution in [1.82, 2.24) is 4.90 Å². The Morgan fingerprint density at radius 2 is 2.07 bits per heavy atom. The molecular formula is C12H19NO2. The molecule has 0 aromatic carbocycles. The molecule has 2 heterocycles. The molecule has 2 aliphatic heterocycles. The molecule has 0 radical (unpaired) electrons. The van der Waals surface area contributed by atoms with Crippen LogP contribution in [0.1, 0.15) is 38.5 Å². The Morgan fingerprint density at radius 1 is 1.20 bits per heavy atom. The summed E-state index contributed by atoms with van der Waals surface area (Å²) >= 11 is 0. The Balaban J connectivity index is 1.71. The summed E-state index contributed by atoms with van der Waals surface area (Å²) in [6.45, 7) is 1.27. The molecule has 3 nitrogen and oxygen atoms in total. The Bertz CT molecular complexity index is 279. The van der Waals surface area contributed by atoms with E-state index in [4.69, 9.17) is 5.11 Å². The van der Waals surface area contributed by atoms with E-state index in [0.29, 0.717) is 5.92 Å². The van der Waals surface area contributed by atoms with Crippen LogP contribution in [0.2, 0.25) is 0 Å². The first-order valence-electron chi connectivity index (χ1n) is 6.24. The highest BCUT2D eigenvalue weighted by atomic mass is 16.4. The lowest BCUT2D eigenvalue weighted by Gasteiger charge is -2.33. The smallest absolute Gasteiger partial charge is 0.306 e. The largest absolute Gasteiger partial charge is 0.481 e. The van der Waals surface area contributed by atoms with Crippen molar-refractivity contribution < 1.29 is 9.90 Å². The van der Waals surface area contributed by atoms with Gasteiger partial charge in [-0.05, 0) is 51.0 Å². The van der Waals surface area contributed by atoms with Gasteiger partial charge in [-0.2, -0.15) is 0 Å². The van der Waals surface area contributed by atoms with Crippen molar-refractivity contribution in [2.75, 3.05) is 6.54 Å². The van der Waals surface area contributed by atoms with Crippen molar-refractivity contribution in [3.63, 3.8) is 0 Å². The van der Waals surface area contributed by atoms with Gasteiger partial charge in [0.25, 0.3) is 0 Å². The van der Waals surface area contributed by atoms with E-state index in [-0.39, 0.29) is 5.92 Å². The highest BCUT2D eigenvalue weighted by Crippen LogP contribution is 2.45. The Morgan fingerprint density at radius 3 is 2.87 bits per heavy atom. The normalized spacial score (nSPS) is 45.1. The number of aliphatic carboxylic acids is 1. The van der Waals surface area contributed by atoms with Crippen molar-refractivity contribution in [2.24, 2.45) is 11.8 Å². The molecule has 0 unspecified atom stereocenters. The zero-order chi connectivity index (χ0) is 10.4. The molecule has 15 heavy (non-hydrogen) atoms. The van der Waals surface area contributed by atoms with Crippen LogP contribution >= 0.6 is 0 Å². The van der Waals surface area contributed by atoms with Gasteiger partial charge in [0, 0.05) is 12.1 Å². The third-order valence-electron chi connectivity index (χ3n) is 4.72. The predicted octanol–water partition coefficient (Wildman–Crippen LogP) is 1.72. The number of nitrogens with zero attached hydrogens (tertiary/aromatic N) is 1. The lowest BCUT2D eigenvalue weighted by Crippen LogP contribution is -2.38. The fraction of sp³-hybridized carbons (Fsp3) is 0.917. The molecule has 0 aromatic rings. The van der Waals surface area contributed by atoms with Crippen molar-refractivity contribution in [2.45, 2.75) is 50.6 Å². The molecule has 0 amide bonds. The van der Waals surface area contributed by atoms with Crippen LogP contribution in [0, 0.1) is 11.8 Å². The molecule has 0 bridgehead atoms. The quantitative estimate of drug-likeness (QED) is 0.715. The number of hydrogen-bond acceptors (Lipinski definition) is 2. The van der Waals surface area contributed by atoms with Gasteiger partial charge < -0.3 is 5.11 Å². The maximum absolute atomic E-state index is 11.0. The molecule has 3 heteroatoms. The van der Waals surface area contributed by atoms with Gasteiger partial charge in [-0.3, -0.25) is 9.69 Å². The van der Waals surface area contributed by atoms with Gasteiger partial charge in [0.05, 0.1) is 5.92 Å². The van der Waals surface area contributed by atoms with E-state index in [1.165, 1.54) is 25.8 Å². The summed E-state index contributed by atoms with van der Waals surface area (Å²) in [4.78, 5) is 13.6. The molecule has 1 saturated carbocycles. The molecule has 0 spiro atoms. The van der Waals surface area contributed by atoms with Gasteiger partial charge in [0.2, 0.25) is 0 Å². The van der Waals surface area contributed by atoms with Crippen molar-refractivity contribution in [3.05, 3.63) is 0 Å². The third kappa shape index (κ3) is 1.48. The lowest BCUT2D eigenvalue weighted by atomic mass is 9.78. The zero-order valence-corrected chi connectivity index (χ0v) is 9.06. The van der Waals surface area contributed by atoms with Crippen LogP contribution in [0.15, 0.2) is 0 Å². The molecule has 3 fully saturated rings. The lowest BCUT2D eigenvalue weighted by molar-refractivity contribution is -0.143. The van der Waals surface area contributed by atoms with Gasteiger partial charge in [-0.15, -0.1) is 0 Å². The van der Waals surface area contributed by atoms with E-state index < -0.39 is 5.97 Å². The Hall–Kier alpha value is -0.570. The molecule has 0 aromatic heterocycles. The zero-order valence-electron chi connectivity index (χ0n) is 9.06. The second kappa shape index (κ2) is 3.48. The van der Waals surface area contributed by atoms with Crippen molar-refractivity contribution >= 4 is 5.97 Å². The topological polar surface area (TPSA) is 40.5 Å². The second-order valence-corrected chi connectivity index (χ2v) is 5.45. The number of fused-ring (bicyclic) bond motifs is 3. The van der Waals surface area contributed by atoms with E-state index >= 15 is 0 Å². The Kier molecular flexibility index (Phi) is 2.23. The summed E-state index contributed by atoms with van der Waals surface area (Å²) in [5, 5.41) is 9.05. The average molecular weight is 209 g/mol. The standard InChI is InChI=1S/C12H19NO2/c14-12(15)8-3-4-11-9(6-8)7-10-2-1-5-13(10)11/h8-11H,1-7H2,(H,14,15)/t8-,9+,10-,11+/m0/s1. The molecule has 2 saturated heterocycles. The molecule has 4 atom stereocenters. The van der Waals surface area contributed by atoms with Gasteiger partial charge in [-0.25, -0.2) is 0 Å². The minimum atomic E-state index is -0.569. The minimum Gasteiger partial charge on any atom is -0.481 e. The predicted molar refractivity (Wildman–Crippen MR) is 56.6 cm³/mol. The van der Waals surface area contributed by atoms with Crippen LogP contribution in [0.3, 0.4) is 0 Å². The van der Waals surface area contributed by atoms with E-state index in [0.717, 1.165) is 31.3 Å². The first-order chi connectivity index (χ1) is 7.25. The van der Waals surface area contributed by atoms with Crippen LogP contribution in [-0.2, 0) is 4.79 Å². The first kappa shape index (κ1) is 9.64. The summed E-state index contributed by atoms with van der Waals surface area (Å²) in [7, 11) is 0. The molecule has 84 valence electrons. The number of hydrogen-bond donors (Lipinski definition) is 1. The minimum absolute atomic E-state index is 0.0497. The van der Waals surface area contributed by atoms with Crippen LogP contribution in [0.5, 0.6) is 0 Å². The van der Waals surface area contributed by atoms with Crippen molar-refractivity contribution in [1.29, 1.82) is 0 Å². The summed E-state index contributed by atoms with van der Waals surface area (Å²) in [5.74, 6) is 0.0666. The van der Waals surface area contributed by atoms with Crippen LogP contribution in [0.4, 0.5) is 0 Å². The number of carboxylic acid groups (broad SMARTS) is 1. The summed E-state index contributed by atoms with van der Waals surface area (Å²) < 4.78 is 0. The number of carboxylic acids is 1. The average Bonchev–Trinajstić information content (AvgIpc) is 2.75. The molecule has 3 aliphatic rings. The maximum atomic E-state index is 11.0. The highest BCUT2D eigenvalue weighted by molar-refractivity contribution is 5.70. The first-order valence-corrected chi connectivity index (χ1v) is 6.24. The van der Waals surface area contributed by atoms with Crippen LogP contribution in [-0.4, -0.2) is 34.6 Å². The monoisotopic (exact) mass is 209 g/mol. The van der Waals surface area contributed by atoms with Crippen molar-refractivity contribution in [3.8, 4) is 0 Å². The van der Waals surface area contributed by atoms with Gasteiger partial charge in [-0.1, -0.05) is 0 Å². The molecule has 1 N–H and O–H groups in total. The van der Waals surface area contributed by atoms with E-state index in [1.54, 1.807) is 0 Å². The van der Waals surface area contributed by atoms with Gasteiger partial charge in [0.1, 0.15) is 0 Å². The fourth-order valence-electron chi connectivity index (χ4n) is 4.06. The molecule has 1 aliphatic carbocycles.